The molecule has 1 amide bonds. The first-order valence-electron chi connectivity index (χ1n) is 12.3. The van der Waals surface area contributed by atoms with E-state index < -0.39 is 21.7 Å². The number of ether oxygens (including phenoxy) is 1. The number of sulfonamides is 1. The maximum atomic E-state index is 13.7. The largest absolute Gasteiger partial charge is 0.452 e. The van der Waals surface area contributed by atoms with Gasteiger partial charge in [-0.2, -0.15) is 0 Å². The molecule has 2 aromatic rings. The second-order valence-corrected chi connectivity index (χ2v) is 13.0. The summed E-state index contributed by atoms with van der Waals surface area (Å²) in [4.78, 5) is 24.2. The summed E-state index contributed by atoms with van der Waals surface area (Å²) in [7, 11) is -0.622. The third-order valence-corrected chi connectivity index (χ3v) is 9.25. The first-order valence-corrected chi connectivity index (χ1v) is 14.6. The molecule has 1 radical (unpaired) electrons. The van der Waals surface area contributed by atoms with Gasteiger partial charge in [0.1, 0.15) is 0 Å². The minimum absolute atomic E-state index is 0.117. The van der Waals surface area contributed by atoms with Crippen molar-refractivity contribution < 1.29 is 17.9 Å². The topological polar surface area (TPSA) is 95.1 Å². The normalized spacial score (nSPS) is 19.5. The van der Waals surface area contributed by atoms with Crippen LogP contribution in [-0.2, 0) is 14.8 Å². The highest BCUT2D eigenvalue weighted by atomic mass is 32.2. The monoisotopic (exact) mass is 534 g/mol. The fourth-order valence-corrected chi connectivity index (χ4v) is 7.47. The SMILES string of the molecule is COC(=O)N(c1ccc(-c2cnc(N3CC[CH]CC3)s2)c(S(=O)(=O)NC(C)(C)C)c1)[C@@H]1CCCN1C. The van der Waals surface area contributed by atoms with Gasteiger partial charge in [-0.1, -0.05) is 17.4 Å². The molecule has 1 aromatic heterocycles. The second kappa shape index (κ2) is 10.6. The zero-order chi connectivity index (χ0) is 26.1. The fourth-order valence-electron chi connectivity index (χ4n) is 4.74. The molecule has 197 valence electrons. The molecule has 0 bridgehead atoms. The van der Waals surface area contributed by atoms with E-state index >= 15 is 0 Å². The Bertz CT molecular complexity index is 1190. The minimum atomic E-state index is -3.92. The number of aromatic nitrogens is 1. The minimum Gasteiger partial charge on any atom is -0.452 e. The Morgan fingerprint density at radius 2 is 1.94 bits per heavy atom. The molecule has 0 saturated carbocycles. The highest BCUT2D eigenvalue weighted by Crippen LogP contribution is 2.39. The van der Waals surface area contributed by atoms with Crippen molar-refractivity contribution in [2.45, 2.75) is 63.1 Å². The van der Waals surface area contributed by atoms with Crippen LogP contribution in [0.3, 0.4) is 0 Å². The molecule has 0 spiro atoms. The van der Waals surface area contributed by atoms with Crippen LogP contribution in [0.4, 0.5) is 15.6 Å². The van der Waals surface area contributed by atoms with Crippen LogP contribution in [0, 0.1) is 6.42 Å². The molecule has 1 aromatic carbocycles. The lowest BCUT2D eigenvalue weighted by Gasteiger charge is -2.32. The average Bonchev–Trinajstić information content (AvgIpc) is 3.48. The number of likely N-dealkylation sites (tertiary alicyclic amines) is 1. The summed E-state index contributed by atoms with van der Waals surface area (Å²) in [5, 5.41) is 0.887. The van der Waals surface area contributed by atoms with E-state index in [0.29, 0.717) is 11.3 Å². The number of nitrogens with one attached hydrogen (secondary N) is 1. The lowest BCUT2D eigenvalue weighted by molar-refractivity contribution is 0.167. The Balaban J connectivity index is 1.80. The quantitative estimate of drug-likeness (QED) is 0.590. The van der Waals surface area contributed by atoms with Crippen molar-refractivity contribution in [2.24, 2.45) is 0 Å². The number of hydrogen-bond acceptors (Lipinski definition) is 8. The van der Waals surface area contributed by atoms with Crippen LogP contribution >= 0.6 is 11.3 Å². The number of nitrogens with zero attached hydrogens (tertiary/aromatic N) is 4. The number of hydrogen-bond donors (Lipinski definition) is 1. The first-order chi connectivity index (χ1) is 17.0. The van der Waals surface area contributed by atoms with Gasteiger partial charge in [0.2, 0.25) is 10.0 Å². The highest BCUT2D eigenvalue weighted by molar-refractivity contribution is 7.89. The summed E-state index contributed by atoms with van der Waals surface area (Å²) in [6, 6.07) is 5.16. The van der Waals surface area contributed by atoms with Gasteiger partial charge in [0.15, 0.2) is 5.13 Å². The van der Waals surface area contributed by atoms with Gasteiger partial charge < -0.3 is 9.64 Å². The van der Waals surface area contributed by atoms with Crippen molar-refractivity contribution >= 4 is 38.3 Å². The molecule has 2 fully saturated rings. The third-order valence-electron chi connectivity index (χ3n) is 6.36. The summed E-state index contributed by atoms with van der Waals surface area (Å²) >= 11 is 1.49. The molecule has 11 heteroatoms. The zero-order valence-corrected chi connectivity index (χ0v) is 23.3. The van der Waals surface area contributed by atoms with E-state index in [-0.39, 0.29) is 11.1 Å². The van der Waals surface area contributed by atoms with Crippen LogP contribution in [0.1, 0.15) is 46.5 Å². The van der Waals surface area contributed by atoms with Crippen molar-refractivity contribution in [2.75, 3.05) is 43.6 Å². The third kappa shape index (κ3) is 5.85. The summed E-state index contributed by atoms with van der Waals surface area (Å²) in [6.07, 6.45) is 7.04. The number of benzene rings is 1. The van der Waals surface area contributed by atoms with Crippen molar-refractivity contribution in [3.63, 3.8) is 0 Å². The Morgan fingerprint density at radius 1 is 1.22 bits per heavy atom. The van der Waals surface area contributed by atoms with E-state index in [0.717, 1.165) is 55.3 Å². The summed E-state index contributed by atoms with van der Waals surface area (Å²) in [5.74, 6) is 0. The molecule has 1 atom stereocenters. The summed E-state index contributed by atoms with van der Waals surface area (Å²) < 4.78 is 35.2. The van der Waals surface area contributed by atoms with Gasteiger partial charge in [0.05, 0.1) is 28.7 Å². The van der Waals surface area contributed by atoms with Gasteiger partial charge in [0, 0.05) is 30.4 Å². The molecule has 0 unspecified atom stereocenters. The van der Waals surface area contributed by atoms with Crippen LogP contribution in [-0.4, -0.2) is 69.9 Å². The van der Waals surface area contributed by atoms with Crippen molar-refractivity contribution in [1.29, 1.82) is 0 Å². The van der Waals surface area contributed by atoms with Crippen molar-refractivity contribution in [3.8, 4) is 10.4 Å². The van der Waals surface area contributed by atoms with Gasteiger partial charge in [-0.3, -0.25) is 9.80 Å². The second-order valence-electron chi connectivity index (χ2n) is 10.3. The van der Waals surface area contributed by atoms with E-state index in [4.69, 9.17) is 4.74 Å². The number of thiazole rings is 1. The number of amides is 1. The summed E-state index contributed by atoms with van der Waals surface area (Å²) in [5.41, 5.74) is 0.366. The van der Waals surface area contributed by atoms with E-state index in [1.54, 1.807) is 50.1 Å². The van der Waals surface area contributed by atoms with Gasteiger partial charge in [-0.05, 0) is 78.6 Å². The van der Waals surface area contributed by atoms with E-state index in [9.17, 15) is 13.2 Å². The Kier molecular flexibility index (Phi) is 7.94. The average molecular weight is 535 g/mol. The summed E-state index contributed by atoms with van der Waals surface area (Å²) in [6.45, 7) is 8.09. The maximum Gasteiger partial charge on any atom is 0.415 e. The van der Waals surface area contributed by atoms with E-state index in [2.05, 4.69) is 25.9 Å². The number of anilines is 2. The smallest absolute Gasteiger partial charge is 0.415 e. The van der Waals surface area contributed by atoms with E-state index in [1.807, 2.05) is 7.05 Å². The standard InChI is InChI=1S/C25H36N5O4S2/c1-25(2,3)27-36(32,33)21-16-18(30(24(31)34-5)22-10-9-13-28(22)4)11-12-19(21)20-17-26-23(35-20)29-14-7-6-8-15-29/h6,11-12,16-17,22,27H,7-10,13-15H2,1-5H3/t22-/m1/s1. The van der Waals surface area contributed by atoms with Crippen LogP contribution in [0.25, 0.3) is 10.4 Å². The van der Waals surface area contributed by atoms with Crippen molar-refractivity contribution in [3.05, 3.63) is 30.8 Å². The van der Waals surface area contributed by atoms with E-state index in [1.165, 1.54) is 18.4 Å². The first kappa shape index (κ1) is 26.8. The molecule has 1 N–H and O–H groups in total. The van der Waals surface area contributed by atoms with Gasteiger partial charge >= 0.3 is 6.09 Å². The fraction of sp³-hybridized carbons (Fsp3) is 0.560. The molecule has 2 aliphatic rings. The predicted octanol–water partition coefficient (Wildman–Crippen LogP) is 4.32. The Morgan fingerprint density at radius 3 is 2.56 bits per heavy atom. The zero-order valence-electron chi connectivity index (χ0n) is 21.7. The molecular weight excluding hydrogens is 498 g/mol. The highest BCUT2D eigenvalue weighted by Gasteiger charge is 2.34. The molecule has 36 heavy (non-hydrogen) atoms. The molecule has 0 aliphatic carbocycles. The molecule has 4 rings (SSSR count). The van der Waals surface area contributed by atoms with Gasteiger partial charge in [-0.15, -0.1) is 0 Å². The maximum absolute atomic E-state index is 13.7. The Labute approximate surface area is 218 Å². The van der Waals surface area contributed by atoms with Gasteiger partial charge in [0.25, 0.3) is 0 Å². The number of carbonyl (C=O) groups is 1. The van der Waals surface area contributed by atoms with Crippen molar-refractivity contribution in [1.82, 2.24) is 14.6 Å². The van der Waals surface area contributed by atoms with Gasteiger partial charge in [-0.25, -0.2) is 22.9 Å². The molecule has 3 heterocycles. The lowest BCUT2D eigenvalue weighted by Crippen LogP contribution is -2.47. The molecule has 2 aliphatic heterocycles. The van der Waals surface area contributed by atoms with Crippen LogP contribution in [0.2, 0.25) is 0 Å². The lowest BCUT2D eigenvalue weighted by atomic mass is 10.1. The predicted molar refractivity (Wildman–Crippen MR) is 144 cm³/mol. The van der Waals surface area contributed by atoms with Crippen LogP contribution in [0.5, 0.6) is 0 Å². The molecular formula is C25H36N5O4S2. The number of piperidine rings is 1. The number of carbonyl (C=O) groups excluding carboxylic acids is 1. The molecule has 2 saturated heterocycles. The Hall–Kier alpha value is -2.21. The number of rotatable bonds is 6. The molecule has 9 nitrogen and oxygen atoms in total. The number of methoxy groups -OCH3 is 1. The van der Waals surface area contributed by atoms with Crippen LogP contribution in [0.15, 0.2) is 29.3 Å². The van der Waals surface area contributed by atoms with Crippen LogP contribution < -0.4 is 14.5 Å².